The van der Waals surface area contributed by atoms with Crippen molar-refractivity contribution in [2.24, 2.45) is 0 Å². The van der Waals surface area contributed by atoms with Gasteiger partial charge in [0, 0.05) is 12.7 Å². The Morgan fingerprint density at radius 2 is 2.07 bits per heavy atom. The molecule has 1 nitrogen and oxygen atoms in total. The number of fused-ring (bicyclic) bond motifs is 1. The molecule has 0 saturated heterocycles. The Bertz CT molecular complexity index is 322. The topological polar surface area (TPSA) is 9.23 Å². The molecule has 0 amide bonds. The largest absolute Gasteiger partial charge is 0.348 e. The van der Waals surface area contributed by atoms with E-state index in [0.717, 1.165) is 18.4 Å². The SMILES string of the molecule is COC(F)c1cccc2c1CCCC2. The van der Waals surface area contributed by atoms with Crippen LogP contribution in [0.3, 0.4) is 0 Å². The van der Waals surface area contributed by atoms with E-state index in [1.807, 2.05) is 12.1 Å². The number of benzene rings is 1. The zero-order chi connectivity index (χ0) is 9.97. The van der Waals surface area contributed by atoms with Crippen LogP contribution in [0.4, 0.5) is 4.39 Å². The highest BCUT2D eigenvalue weighted by Gasteiger charge is 2.18. The molecule has 14 heavy (non-hydrogen) atoms. The summed E-state index contributed by atoms with van der Waals surface area (Å²) in [6, 6.07) is 5.85. The maximum absolute atomic E-state index is 13.4. The quantitative estimate of drug-likeness (QED) is 0.702. The molecule has 1 aromatic carbocycles. The number of rotatable bonds is 2. The van der Waals surface area contributed by atoms with E-state index in [-0.39, 0.29) is 0 Å². The van der Waals surface area contributed by atoms with Gasteiger partial charge in [0.25, 0.3) is 0 Å². The van der Waals surface area contributed by atoms with Gasteiger partial charge in [-0.05, 0) is 36.8 Å². The molecule has 1 unspecified atom stereocenters. The zero-order valence-electron chi connectivity index (χ0n) is 8.42. The molecule has 1 aromatic rings. The normalized spacial score (nSPS) is 17.6. The summed E-state index contributed by atoms with van der Waals surface area (Å²) in [7, 11) is 1.41. The van der Waals surface area contributed by atoms with Crippen molar-refractivity contribution in [3.05, 3.63) is 34.9 Å². The van der Waals surface area contributed by atoms with Crippen LogP contribution in [0, 0.1) is 0 Å². The van der Waals surface area contributed by atoms with Crippen LogP contribution in [0.25, 0.3) is 0 Å². The number of alkyl halides is 1. The third-order valence-corrected chi connectivity index (χ3v) is 2.88. The summed E-state index contributed by atoms with van der Waals surface area (Å²) in [4.78, 5) is 0. The van der Waals surface area contributed by atoms with E-state index < -0.39 is 6.36 Å². The van der Waals surface area contributed by atoms with Crippen molar-refractivity contribution >= 4 is 0 Å². The monoisotopic (exact) mass is 194 g/mol. The van der Waals surface area contributed by atoms with Gasteiger partial charge in [0.15, 0.2) is 0 Å². The fourth-order valence-corrected chi connectivity index (χ4v) is 2.15. The lowest BCUT2D eigenvalue weighted by Crippen LogP contribution is -2.08. The maximum Gasteiger partial charge on any atom is 0.225 e. The van der Waals surface area contributed by atoms with Crippen molar-refractivity contribution in [2.75, 3.05) is 7.11 Å². The van der Waals surface area contributed by atoms with Crippen molar-refractivity contribution in [3.8, 4) is 0 Å². The molecule has 2 heteroatoms. The van der Waals surface area contributed by atoms with Crippen LogP contribution in [0.5, 0.6) is 0 Å². The molecule has 0 N–H and O–H groups in total. The van der Waals surface area contributed by atoms with Gasteiger partial charge in [0.05, 0.1) is 0 Å². The van der Waals surface area contributed by atoms with Crippen molar-refractivity contribution in [1.29, 1.82) is 0 Å². The van der Waals surface area contributed by atoms with E-state index in [4.69, 9.17) is 4.74 Å². The lowest BCUT2D eigenvalue weighted by molar-refractivity contribution is -0.00740. The summed E-state index contributed by atoms with van der Waals surface area (Å²) in [5.41, 5.74) is 3.20. The Morgan fingerprint density at radius 1 is 1.29 bits per heavy atom. The van der Waals surface area contributed by atoms with Crippen molar-refractivity contribution < 1.29 is 9.13 Å². The average molecular weight is 194 g/mol. The molecule has 76 valence electrons. The van der Waals surface area contributed by atoms with E-state index in [2.05, 4.69) is 6.07 Å². The number of halogens is 1. The molecule has 0 aliphatic heterocycles. The Labute approximate surface area is 83.9 Å². The van der Waals surface area contributed by atoms with Gasteiger partial charge in [-0.25, -0.2) is 4.39 Å². The van der Waals surface area contributed by atoms with Gasteiger partial charge in [-0.15, -0.1) is 0 Å². The third kappa shape index (κ3) is 1.67. The molecule has 0 fully saturated rings. The maximum atomic E-state index is 13.4. The predicted molar refractivity (Wildman–Crippen MR) is 53.9 cm³/mol. The van der Waals surface area contributed by atoms with E-state index in [1.54, 1.807) is 0 Å². The second kappa shape index (κ2) is 4.09. The molecule has 1 atom stereocenters. The third-order valence-electron chi connectivity index (χ3n) is 2.88. The number of ether oxygens (including phenoxy) is 1. The fraction of sp³-hybridized carbons (Fsp3) is 0.500. The molecule has 2 rings (SSSR count). The molecular formula is C12H15FO. The van der Waals surface area contributed by atoms with Crippen molar-refractivity contribution in [1.82, 2.24) is 0 Å². The Morgan fingerprint density at radius 3 is 2.86 bits per heavy atom. The molecule has 1 aliphatic carbocycles. The van der Waals surface area contributed by atoms with Crippen molar-refractivity contribution in [3.63, 3.8) is 0 Å². The summed E-state index contributed by atoms with van der Waals surface area (Å²) in [5, 5.41) is 0. The van der Waals surface area contributed by atoms with Gasteiger partial charge in [-0.3, -0.25) is 0 Å². The molecule has 0 saturated carbocycles. The molecule has 0 radical (unpaired) electrons. The molecule has 0 bridgehead atoms. The minimum atomic E-state index is -1.26. The number of aryl methyl sites for hydroxylation is 1. The number of methoxy groups -OCH3 is 1. The van der Waals surface area contributed by atoms with Crippen LogP contribution >= 0.6 is 0 Å². The smallest absolute Gasteiger partial charge is 0.225 e. The van der Waals surface area contributed by atoms with Gasteiger partial charge in [0.2, 0.25) is 6.36 Å². The highest BCUT2D eigenvalue weighted by atomic mass is 19.1. The summed E-state index contributed by atoms with van der Waals surface area (Å²) in [6.07, 6.45) is 3.21. The van der Waals surface area contributed by atoms with E-state index >= 15 is 0 Å². The Kier molecular flexibility index (Phi) is 2.82. The first-order chi connectivity index (χ1) is 6.83. The van der Waals surface area contributed by atoms with Crippen LogP contribution in [-0.2, 0) is 17.6 Å². The highest BCUT2D eigenvalue weighted by molar-refractivity contribution is 5.37. The Balaban J connectivity index is 2.39. The van der Waals surface area contributed by atoms with E-state index in [9.17, 15) is 4.39 Å². The summed E-state index contributed by atoms with van der Waals surface area (Å²) < 4.78 is 18.2. The second-order valence-electron chi connectivity index (χ2n) is 3.74. The lowest BCUT2D eigenvalue weighted by atomic mass is 9.88. The Hall–Kier alpha value is -0.890. The standard InChI is InChI=1S/C12H15FO/c1-14-12(13)11-8-4-6-9-5-2-3-7-10(9)11/h4,6,8,12H,2-3,5,7H2,1H3. The summed E-state index contributed by atoms with van der Waals surface area (Å²) >= 11 is 0. The molecule has 0 spiro atoms. The van der Waals surface area contributed by atoms with Gasteiger partial charge in [-0.2, -0.15) is 0 Å². The van der Waals surface area contributed by atoms with Gasteiger partial charge in [0.1, 0.15) is 0 Å². The minimum Gasteiger partial charge on any atom is -0.348 e. The number of hydrogen-bond acceptors (Lipinski definition) is 1. The molecule has 0 aromatic heterocycles. The first kappa shape index (κ1) is 9.66. The van der Waals surface area contributed by atoms with Crippen LogP contribution in [-0.4, -0.2) is 7.11 Å². The summed E-state index contributed by atoms with van der Waals surface area (Å²) in [5.74, 6) is 0. The zero-order valence-corrected chi connectivity index (χ0v) is 8.42. The van der Waals surface area contributed by atoms with Gasteiger partial charge >= 0.3 is 0 Å². The highest BCUT2D eigenvalue weighted by Crippen LogP contribution is 2.30. The molecular weight excluding hydrogens is 179 g/mol. The van der Waals surface area contributed by atoms with Crippen molar-refractivity contribution in [2.45, 2.75) is 32.0 Å². The van der Waals surface area contributed by atoms with Crippen LogP contribution in [0.2, 0.25) is 0 Å². The molecule has 1 aliphatic rings. The summed E-state index contributed by atoms with van der Waals surface area (Å²) in [6.45, 7) is 0. The second-order valence-corrected chi connectivity index (χ2v) is 3.74. The van der Waals surface area contributed by atoms with E-state index in [1.165, 1.54) is 31.1 Å². The predicted octanol–water partition coefficient (Wildman–Crippen LogP) is 3.18. The minimum absolute atomic E-state index is 0.727. The van der Waals surface area contributed by atoms with Gasteiger partial charge < -0.3 is 4.74 Å². The first-order valence-corrected chi connectivity index (χ1v) is 5.10. The van der Waals surface area contributed by atoms with Gasteiger partial charge in [-0.1, -0.05) is 18.2 Å². The van der Waals surface area contributed by atoms with Crippen LogP contribution in [0.15, 0.2) is 18.2 Å². The molecule has 0 heterocycles. The first-order valence-electron chi connectivity index (χ1n) is 5.10. The van der Waals surface area contributed by atoms with E-state index in [0.29, 0.717) is 0 Å². The van der Waals surface area contributed by atoms with Crippen LogP contribution in [0.1, 0.15) is 35.9 Å². The average Bonchev–Trinajstić information content (AvgIpc) is 2.27. The number of hydrogen-bond donors (Lipinski definition) is 0. The lowest BCUT2D eigenvalue weighted by Gasteiger charge is -2.20. The van der Waals surface area contributed by atoms with Crippen LogP contribution < -0.4 is 0 Å². The fourth-order valence-electron chi connectivity index (χ4n) is 2.15.